The second-order valence-corrected chi connectivity index (χ2v) is 5.59. The lowest BCUT2D eigenvalue weighted by molar-refractivity contribution is 0.0938. The van der Waals surface area contributed by atoms with Crippen LogP contribution in [0.25, 0.3) is 0 Å². The van der Waals surface area contributed by atoms with Crippen LogP contribution < -0.4 is 15.4 Å². The summed E-state index contributed by atoms with van der Waals surface area (Å²) >= 11 is 0. The number of pyridine rings is 1. The molecular weight excluding hydrogens is 290 g/mol. The quantitative estimate of drug-likeness (QED) is 0.825. The third-order valence-electron chi connectivity index (χ3n) is 3.32. The van der Waals surface area contributed by atoms with Crippen molar-refractivity contribution >= 4 is 11.6 Å². The third-order valence-corrected chi connectivity index (χ3v) is 3.32. The van der Waals surface area contributed by atoms with Crippen LogP contribution in [-0.4, -0.2) is 30.6 Å². The van der Waals surface area contributed by atoms with Gasteiger partial charge in [0.2, 0.25) is 0 Å². The van der Waals surface area contributed by atoms with Gasteiger partial charge in [-0.05, 0) is 50.1 Å². The summed E-state index contributed by atoms with van der Waals surface area (Å²) < 4.78 is 5.14. The predicted molar refractivity (Wildman–Crippen MR) is 92.0 cm³/mol. The van der Waals surface area contributed by atoms with Crippen molar-refractivity contribution in [2.45, 2.75) is 26.3 Å². The van der Waals surface area contributed by atoms with Gasteiger partial charge >= 0.3 is 0 Å². The molecule has 0 aliphatic rings. The minimum atomic E-state index is -0.148. The van der Waals surface area contributed by atoms with Gasteiger partial charge in [-0.15, -0.1) is 0 Å². The fourth-order valence-corrected chi connectivity index (χ4v) is 2.11. The maximum absolute atomic E-state index is 11.8. The summed E-state index contributed by atoms with van der Waals surface area (Å²) in [5.74, 6) is 0.714. The fraction of sp³-hybridized carbons (Fsp3) is 0.333. The topological polar surface area (TPSA) is 63.2 Å². The van der Waals surface area contributed by atoms with Gasteiger partial charge < -0.3 is 15.4 Å². The molecule has 0 bridgehead atoms. The number of hydrogen-bond acceptors (Lipinski definition) is 4. The minimum Gasteiger partial charge on any atom is -0.497 e. The Labute approximate surface area is 137 Å². The molecule has 0 fully saturated rings. The average Bonchev–Trinajstić information content (AvgIpc) is 2.55. The van der Waals surface area contributed by atoms with E-state index in [9.17, 15) is 4.79 Å². The first kappa shape index (κ1) is 16.8. The lowest BCUT2D eigenvalue weighted by Crippen LogP contribution is -2.30. The largest absolute Gasteiger partial charge is 0.497 e. The van der Waals surface area contributed by atoms with Gasteiger partial charge in [-0.3, -0.25) is 4.79 Å². The van der Waals surface area contributed by atoms with Crippen molar-refractivity contribution in [1.29, 1.82) is 0 Å². The number of amides is 1. The molecule has 1 amide bonds. The van der Waals surface area contributed by atoms with Crippen LogP contribution in [0.2, 0.25) is 0 Å². The summed E-state index contributed by atoms with van der Waals surface area (Å²) in [5.41, 5.74) is 2.57. The second-order valence-electron chi connectivity index (χ2n) is 5.59. The zero-order valence-corrected chi connectivity index (χ0v) is 13.8. The smallest absolute Gasteiger partial charge is 0.270 e. The van der Waals surface area contributed by atoms with E-state index >= 15 is 0 Å². The summed E-state index contributed by atoms with van der Waals surface area (Å²) in [6.45, 7) is 4.64. The molecule has 0 saturated carbocycles. The number of nitrogens with zero attached hydrogens (tertiary/aromatic N) is 1. The molecule has 0 atom stereocenters. The average molecular weight is 313 g/mol. The second kappa shape index (κ2) is 8.17. The Bertz CT molecular complexity index is 622. The van der Waals surface area contributed by atoms with Crippen molar-refractivity contribution in [3.63, 3.8) is 0 Å². The van der Waals surface area contributed by atoms with E-state index in [4.69, 9.17) is 4.74 Å². The Hall–Kier alpha value is -2.56. The Morgan fingerprint density at radius 3 is 2.48 bits per heavy atom. The highest BCUT2D eigenvalue weighted by Crippen LogP contribution is 2.12. The van der Waals surface area contributed by atoms with Crippen LogP contribution in [0, 0.1) is 0 Å². The summed E-state index contributed by atoms with van der Waals surface area (Å²) in [4.78, 5) is 16.0. The molecule has 0 unspecified atom stereocenters. The molecule has 2 N–H and O–H groups in total. The number of rotatable bonds is 7. The van der Waals surface area contributed by atoms with E-state index in [1.54, 1.807) is 19.4 Å². The number of hydrogen-bond donors (Lipinski definition) is 2. The lowest BCUT2D eigenvalue weighted by Gasteiger charge is -2.09. The molecule has 1 heterocycles. The van der Waals surface area contributed by atoms with Gasteiger partial charge in [0.25, 0.3) is 5.91 Å². The molecular formula is C18H23N3O2. The van der Waals surface area contributed by atoms with Crippen LogP contribution in [-0.2, 0) is 6.42 Å². The van der Waals surface area contributed by atoms with Crippen molar-refractivity contribution in [2.24, 2.45) is 0 Å². The molecule has 1 aromatic carbocycles. The standard InChI is InChI=1S/C18H23N3O2/c1-13(2)21-18(22)17-9-6-15(12-20-17)19-11-10-14-4-7-16(23-3)8-5-14/h4-9,12-13,19H,10-11H2,1-3H3,(H,21,22). The number of nitrogens with one attached hydrogen (secondary N) is 2. The van der Waals surface area contributed by atoms with E-state index in [1.807, 2.05) is 32.0 Å². The van der Waals surface area contributed by atoms with Gasteiger partial charge in [-0.2, -0.15) is 0 Å². The van der Waals surface area contributed by atoms with E-state index in [0.717, 1.165) is 24.4 Å². The van der Waals surface area contributed by atoms with Crippen molar-refractivity contribution < 1.29 is 9.53 Å². The van der Waals surface area contributed by atoms with Gasteiger partial charge in [0.15, 0.2) is 0 Å². The summed E-state index contributed by atoms with van der Waals surface area (Å²) in [6, 6.07) is 11.7. The van der Waals surface area contributed by atoms with Crippen LogP contribution in [0.1, 0.15) is 29.9 Å². The SMILES string of the molecule is COc1ccc(CCNc2ccc(C(=O)NC(C)C)nc2)cc1. The van der Waals surface area contributed by atoms with E-state index in [2.05, 4.69) is 27.8 Å². The molecule has 122 valence electrons. The molecule has 0 saturated heterocycles. The number of ether oxygens (including phenoxy) is 1. The first-order valence-corrected chi connectivity index (χ1v) is 7.72. The number of carbonyl (C=O) groups excluding carboxylic acids is 1. The van der Waals surface area contributed by atoms with Gasteiger partial charge in [0, 0.05) is 12.6 Å². The van der Waals surface area contributed by atoms with Crippen molar-refractivity contribution in [3.05, 3.63) is 53.9 Å². The summed E-state index contributed by atoms with van der Waals surface area (Å²) in [5, 5.41) is 6.12. The highest BCUT2D eigenvalue weighted by Gasteiger charge is 2.07. The summed E-state index contributed by atoms with van der Waals surface area (Å²) in [6.07, 6.45) is 2.59. The Morgan fingerprint density at radius 2 is 1.91 bits per heavy atom. The number of carbonyl (C=O) groups is 1. The fourth-order valence-electron chi connectivity index (χ4n) is 2.11. The molecule has 5 heteroatoms. The van der Waals surface area contributed by atoms with Crippen molar-refractivity contribution in [2.75, 3.05) is 19.0 Å². The van der Waals surface area contributed by atoms with Gasteiger partial charge in [0.1, 0.15) is 11.4 Å². The molecule has 23 heavy (non-hydrogen) atoms. The lowest BCUT2D eigenvalue weighted by atomic mass is 10.1. The predicted octanol–water partition coefficient (Wildman–Crippen LogP) is 2.88. The first-order chi connectivity index (χ1) is 11.1. The van der Waals surface area contributed by atoms with Crippen LogP contribution in [0.15, 0.2) is 42.6 Å². The van der Waals surface area contributed by atoms with Gasteiger partial charge in [-0.1, -0.05) is 12.1 Å². The van der Waals surface area contributed by atoms with E-state index < -0.39 is 0 Å². The van der Waals surface area contributed by atoms with E-state index in [-0.39, 0.29) is 11.9 Å². The van der Waals surface area contributed by atoms with Crippen molar-refractivity contribution in [1.82, 2.24) is 10.3 Å². The molecule has 2 rings (SSSR count). The highest BCUT2D eigenvalue weighted by molar-refractivity contribution is 5.92. The molecule has 2 aromatic rings. The number of benzene rings is 1. The Morgan fingerprint density at radius 1 is 1.17 bits per heavy atom. The maximum Gasteiger partial charge on any atom is 0.270 e. The highest BCUT2D eigenvalue weighted by atomic mass is 16.5. The number of aromatic nitrogens is 1. The van der Waals surface area contributed by atoms with Crippen molar-refractivity contribution in [3.8, 4) is 5.75 Å². The van der Waals surface area contributed by atoms with E-state index in [1.165, 1.54) is 5.56 Å². The zero-order chi connectivity index (χ0) is 16.7. The molecule has 0 aliphatic carbocycles. The molecule has 1 aromatic heterocycles. The molecule has 0 radical (unpaired) electrons. The van der Waals surface area contributed by atoms with Crippen LogP contribution in [0.4, 0.5) is 5.69 Å². The van der Waals surface area contributed by atoms with Crippen LogP contribution >= 0.6 is 0 Å². The van der Waals surface area contributed by atoms with Gasteiger partial charge in [-0.25, -0.2) is 4.98 Å². The molecule has 0 aliphatic heterocycles. The minimum absolute atomic E-state index is 0.103. The molecule has 5 nitrogen and oxygen atoms in total. The van der Waals surface area contributed by atoms with Crippen LogP contribution in [0.5, 0.6) is 5.75 Å². The number of methoxy groups -OCH3 is 1. The first-order valence-electron chi connectivity index (χ1n) is 7.72. The third kappa shape index (κ3) is 5.29. The van der Waals surface area contributed by atoms with E-state index in [0.29, 0.717) is 5.69 Å². The number of anilines is 1. The van der Waals surface area contributed by atoms with Gasteiger partial charge in [0.05, 0.1) is 19.0 Å². The monoisotopic (exact) mass is 313 g/mol. The van der Waals surface area contributed by atoms with Crippen LogP contribution in [0.3, 0.4) is 0 Å². The molecule has 0 spiro atoms. The zero-order valence-electron chi connectivity index (χ0n) is 13.8. The summed E-state index contributed by atoms with van der Waals surface area (Å²) in [7, 11) is 1.66. The Balaban J connectivity index is 1.82. The normalized spacial score (nSPS) is 10.4. The Kier molecular flexibility index (Phi) is 5.97. The maximum atomic E-state index is 11.8.